The van der Waals surface area contributed by atoms with Crippen LogP contribution in [-0.2, 0) is 9.59 Å². The van der Waals surface area contributed by atoms with Crippen LogP contribution in [0.4, 0.5) is 5.69 Å². The summed E-state index contributed by atoms with van der Waals surface area (Å²) in [4.78, 5) is 28.0. The van der Waals surface area contributed by atoms with Crippen molar-refractivity contribution in [3.05, 3.63) is 24.3 Å². The van der Waals surface area contributed by atoms with Gasteiger partial charge >= 0.3 is 0 Å². The highest BCUT2D eigenvalue weighted by molar-refractivity contribution is 5.95. The van der Waals surface area contributed by atoms with Crippen LogP contribution in [0.1, 0.15) is 25.7 Å². The average molecular weight is 380 g/mol. The molecule has 3 aliphatic rings. The summed E-state index contributed by atoms with van der Waals surface area (Å²) < 4.78 is 5.70. The van der Waals surface area contributed by atoms with Gasteiger partial charge in [0.1, 0.15) is 5.75 Å². The van der Waals surface area contributed by atoms with Gasteiger partial charge in [-0.25, -0.2) is 0 Å². The van der Waals surface area contributed by atoms with E-state index >= 15 is 0 Å². The number of fused-ring (bicyclic) bond motifs is 1. The third-order valence-corrected chi connectivity index (χ3v) is 5.83. The second-order valence-electron chi connectivity index (χ2n) is 7.40. The molecule has 2 N–H and O–H groups in total. The maximum atomic E-state index is 12.4. The van der Waals surface area contributed by atoms with Crippen LogP contribution in [-0.4, -0.2) is 49.0 Å². The first-order valence-corrected chi connectivity index (χ1v) is 9.18. The van der Waals surface area contributed by atoms with Gasteiger partial charge in [0, 0.05) is 43.9 Å². The van der Waals surface area contributed by atoms with Crippen molar-refractivity contribution in [1.29, 1.82) is 0 Å². The first-order chi connectivity index (χ1) is 12.1. The number of anilines is 1. The topological polar surface area (TPSA) is 75.9 Å². The molecule has 1 aliphatic carbocycles. The van der Waals surface area contributed by atoms with E-state index in [2.05, 4.69) is 0 Å². The van der Waals surface area contributed by atoms with Crippen molar-refractivity contribution < 1.29 is 14.3 Å². The van der Waals surface area contributed by atoms with E-state index in [1.54, 1.807) is 4.90 Å². The fourth-order valence-electron chi connectivity index (χ4n) is 4.41. The molecule has 6 nitrogen and oxygen atoms in total. The van der Waals surface area contributed by atoms with E-state index in [0.717, 1.165) is 44.6 Å². The monoisotopic (exact) mass is 379 g/mol. The predicted octanol–water partition coefficient (Wildman–Crippen LogP) is 1.81. The van der Waals surface area contributed by atoms with E-state index in [0.29, 0.717) is 24.0 Å². The Kier molecular flexibility index (Phi) is 5.73. The van der Waals surface area contributed by atoms with Gasteiger partial charge in [0.25, 0.3) is 5.91 Å². The van der Waals surface area contributed by atoms with Gasteiger partial charge in [-0.15, -0.1) is 12.4 Å². The Hall–Kier alpha value is -1.79. The molecule has 0 radical (unpaired) electrons. The van der Waals surface area contributed by atoms with Gasteiger partial charge in [-0.05, 0) is 43.2 Å². The number of likely N-dealkylation sites (tertiary alicyclic amines) is 1. The minimum absolute atomic E-state index is 0. The molecular formula is C19H26ClN3O3. The molecule has 2 heterocycles. The maximum Gasteiger partial charge on any atom is 0.260 e. The van der Waals surface area contributed by atoms with Crippen molar-refractivity contribution >= 4 is 29.9 Å². The zero-order valence-electron chi connectivity index (χ0n) is 14.8. The number of amides is 2. The van der Waals surface area contributed by atoms with Gasteiger partial charge < -0.3 is 20.3 Å². The smallest absolute Gasteiger partial charge is 0.260 e. The van der Waals surface area contributed by atoms with Gasteiger partial charge in [0.15, 0.2) is 6.61 Å². The number of carbonyl (C=O) groups excluding carboxylic acids is 2. The summed E-state index contributed by atoms with van der Waals surface area (Å²) in [5.74, 6) is 1.80. The Morgan fingerprint density at radius 3 is 2.85 bits per heavy atom. The zero-order chi connectivity index (χ0) is 17.4. The van der Waals surface area contributed by atoms with E-state index in [-0.39, 0.29) is 36.9 Å². The molecule has 1 aromatic rings. The molecule has 2 saturated heterocycles. The van der Waals surface area contributed by atoms with Crippen LogP contribution < -0.4 is 15.4 Å². The molecule has 0 spiro atoms. The molecule has 1 aromatic carbocycles. The Morgan fingerprint density at radius 2 is 2.12 bits per heavy atom. The fourth-order valence-corrected chi connectivity index (χ4v) is 4.41. The Balaban J connectivity index is 0.00000196. The number of hydrogen-bond donors (Lipinski definition) is 1. The minimum atomic E-state index is 0. The summed E-state index contributed by atoms with van der Waals surface area (Å²) >= 11 is 0. The SMILES string of the molecule is Cl.NC1CCC2CN(C(=O)COc3cccc(N4CCCC4=O)c3)CC12. The first kappa shape index (κ1) is 19.0. The number of benzene rings is 1. The van der Waals surface area contributed by atoms with Crippen LogP contribution in [0.3, 0.4) is 0 Å². The van der Waals surface area contributed by atoms with Crippen LogP contribution in [0.2, 0.25) is 0 Å². The highest BCUT2D eigenvalue weighted by Gasteiger charge is 2.42. The Bertz CT molecular complexity index is 684. The summed E-state index contributed by atoms with van der Waals surface area (Å²) in [6.45, 7) is 2.35. The third-order valence-electron chi connectivity index (χ3n) is 5.83. The van der Waals surface area contributed by atoms with E-state index < -0.39 is 0 Å². The molecular weight excluding hydrogens is 354 g/mol. The molecule has 3 atom stereocenters. The highest BCUT2D eigenvalue weighted by Crippen LogP contribution is 2.37. The largest absolute Gasteiger partial charge is 0.484 e. The number of halogens is 1. The molecule has 3 fully saturated rings. The van der Waals surface area contributed by atoms with E-state index in [1.807, 2.05) is 29.2 Å². The van der Waals surface area contributed by atoms with E-state index in [9.17, 15) is 9.59 Å². The van der Waals surface area contributed by atoms with Gasteiger partial charge in [-0.3, -0.25) is 9.59 Å². The quantitative estimate of drug-likeness (QED) is 0.865. The van der Waals surface area contributed by atoms with Crippen LogP contribution in [0.25, 0.3) is 0 Å². The molecule has 142 valence electrons. The third kappa shape index (κ3) is 3.67. The normalized spacial score (nSPS) is 27.4. The predicted molar refractivity (Wildman–Crippen MR) is 102 cm³/mol. The van der Waals surface area contributed by atoms with Crippen molar-refractivity contribution in [3.8, 4) is 5.75 Å². The Morgan fingerprint density at radius 1 is 1.27 bits per heavy atom. The van der Waals surface area contributed by atoms with Crippen molar-refractivity contribution in [1.82, 2.24) is 4.90 Å². The summed E-state index contributed by atoms with van der Waals surface area (Å²) in [6, 6.07) is 7.66. The minimum Gasteiger partial charge on any atom is -0.484 e. The first-order valence-electron chi connectivity index (χ1n) is 9.18. The molecule has 7 heteroatoms. The van der Waals surface area contributed by atoms with Gasteiger partial charge in [0.2, 0.25) is 5.91 Å². The van der Waals surface area contributed by atoms with Crippen LogP contribution in [0, 0.1) is 11.8 Å². The summed E-state index contributed by atoms with van der Waals surface area (Å²) in [7, 11) is 0. The van der Waals surface area contributed by atoms with Crippen LogP contribution in [0.5, 0.6) is 5.75 Å². The summed E-state index contributed by atoms with van der Waals surface area (Å²) in [5.41, 5.74) is 6.98. The Labute approximate surface area is 160 Å². The fraction of sp³-hybridized carbons (Fsp3) is 0.579. The zero-order valence-corrected chi connectivity index (χ0v) is 15.6. The molecule has 2 aliphatic heterocycles. The van der Waals surface area contributed by atoms with Crippen LogP contribution >= 0.6 is 12.4 Å². The van der Waals surface area contributed by atoms with Crippen molar-refractivity contribution in [2.75, 3.05) is 31.1 Å². The number of hydrogen-bond acceptors (Lipinski definition) is 4. The maximum absolute atomic E-state index is 12.4. The second-order valence-corrected chi connectivity index (χ2v) is 7.40. The lowest BCUT2D eigenvalue weighted by atomic mass is 9.98. The van der Waals surface area contributed by atoms with E-state index in [1.165, 1.54) is 0 Å². The summed E-state index contributed by atoms with van der Waals surface area (Å²) in [6.07, 6.45) is 3.70. The molecule has 0 bridgehead atoms. The van der Waals surface area contributed by atoms with Gasteiger partial charge in [0.05, 0.1) is 0 Å². The van der Waals surface area contributed by atoms with Crippen molar-refractivity contribution in [2.45, 2.75) is 31.7 Å². The average Bonchev–Trinajstić information content (AvgIpc) is 3.31. The standard InChI is InChI=1S/C19H25N3O3.ClH/c20-17-7-6-13-10-21(11-16(13)17)19(24)12-25-15-4-1-3-14(9-15)22-8-2-5-18(22)23;/h1,3-4,9,13,16-17H,2,5-8,10-12,20H2;1H. The molecule has 2 amide bonds. The summed E-state index contributed by atoms with van der Waals surface area (Å²) in [5, 5.41) is 0. The number of ether oxygens (including phenoxy) is 1. The second kappa shape index (κ2) is 7.84. The van der Waals surface area contributed by atoms with Crippen molar-refractivity contribution in [3.63, 3.8) is 0 Å². The lowest BCUT2D eigenvalue weighted by Crippen LogP contribution is -2.36. The van der Waals surface area contributed by atoms with Gasteiger partial charge in [-0.2, -0.15) is 0 Å². The van der Waals surface area contributed by atoms with Crippen molar-refractivity contribution in [2.24, 2.45) is 17.6 Å². The molecule has 4 rings (SSSR count). The van der Waals surface area contributed by atoms with Crippen LogP contribution in [0.15, 0.2) is 24.3 Å². The number of rotatable bonds is 4. The van der Waals surface area contributed by atoms with Gasteiger partial charge in [-0.1, -0.05) is 6.07 Å². The number of nitrogens with two attached hydrogens (primary N) is 1. The number of carbonyl (C=O) groups is 2. The van der Waals surface area contributed by atoms with E-state index in [4.69, 9.17) is 10.5 Å². The molecule has 26 heavy (non-hydrogen) atoms. The lowest BCUT2D eigenvalue weighted by Gasteiger charge is -2.20. The number of nitrogens with zero attached hydrogens (tertiary/aromatic N) is 2. The molecule has 0 aromatic heterocycles. The molecule has 1 saturated carbocycles. The lowest BCUT2D eigenvalue weighted by molar-refractivity contribution is -0.132. The highest BCUT2D eigenvalue weighted by atomic mass is 35.5. The molecule has 3 unspecified atom stereocenters.